The minimum Gasteiger partial charge on any atom is -0.398 e. The van der Waals surface area contributed by atoms with E-state index >= 15 is 0 Å². The van der Waals surface area contributed by atoms with E-state index in [1.807, 2.05) is 0 Å². The lowest BCUT2D eigenvalue weighted by atomic mass is 9.96. The SMILES string of the molecule is CC(C)CCON=O.CC1([N+](=O)[O-])C(Br)=C(Br)C(=O)C(Br)=C1Br.Nc1c2c(c(F)c3c1CCC3)CCC2.Nc1c2c(c([N+](=O)[O-])c3c1CCC3)CCC2.Nc1c2c(cc3c1CCC3)CCC2.O=[N+]([O-])c1c2c(c(F)c3c1CCC3)CCC2. The first-order chi connectivity index (χ1) is 39.1. The second-order valence-electron chi connectivity index (χ2n) is 22.8. The molecule has 4 aromatic rings. The number of halogens is 6. The lowest BCUT2D eigenvalue weighted by molar-refractivity contribution is -0.537. The minimum absolute atomic E-state index is 0.0687. The summed E-state index contributed by atoms with van der Waals surface area (Å²) >= 11 is 12.2. The summed E-state index contributed by atoms with van der Waals surface area (Å²) in [6.45, 7) is 5.97. The van der Waals surface area contributed by atoms with E-state index in [-0.39, 0.29) is 50.9 Å². The maximum atomic E-state index is 14.1. The number of ketones is 1. The fourth-order valence-corrected chi connectivity index (χ4v) is 16.1. The molecular formula is C60H69Br4F2N7O9. The molecule has 0 unspecified atom stereocenters. The molecule has 6 N–H and O–H groups in total. The van der Waals surface area contributed by atoms with Crippen molar-refractivity contribution in [1.29, 1.82) is 0 Å². The van der Waals surface area contributed by atoms with Crippen molar-refractivity contribution in [3.05, 3.63) is 160 Å². The van der Waals surface area contributed by atoms with Gasteiger partial charge in [0.2, 0.25) is 5.78 Å². The van der Waals surface area contributed by atoms with Gasteiger partial charge in [0.1, 0.15) is 18.2 Å². The third kappa shape index (κ3) is 12.3. The second-order valence-corrected chi connectivity index (χ2v) is 26.0. The highest BCUT2D eigenvalue weighted by molar-refractivity contribution is 9.15. The highest BCUT2D eigenvalue weighted by atomic mass is 79.9. The Balaban J connectivity index is 0.000000130. The summed E-state index contributed by atoms with van der Waals surface area (Å²) in [7, 11) is 0. The largest absolute Gasteiger partial charge is 0.398 e. The van der Waals surface area contributed by atoms with Gasteiger partial charge in [-0.1, -0.05) is 19.9 Å². The van der Waals surface area contributed by atoms with Crippen molar-refractivity contribution in [3.63, 3.8) is 0 Å². The number of nitro groups is 3. The molecule has 0 bridgehead atoms. The smallest absolute Gasteiger partial charge is 0.284 e. The number of nitro benzene ring substituents is 2. The van der Waals surface area contributed by atoms with Gasteiger partial charge < -0.3 is 22.0 Å². The Bertz CT molecular complexity index is 3050. The molecular weight excluding hydrogens is 1320 g/mol. The predicted octanol–water partition coefficient (Wildman–Crippen LogP) is 14.8. The first-order valence-corrected chi connectivity index (χ1v) is 31.6. The third-order valence-electron chi connectivity index (χ3n) is 17.5. The normalized spacial score (nSPS) is 17.6. The molecule has 0 heterocycles. The Hall–Kier alpha value is -5.19. The monoisotopic (exact) mass is 1390 g/mol. The number of rotatable bonds is 7. The topological polar surface area (TPSA) is 263 Å². The van der Waals surface area contributed by atoms with Crippen molar-refractivity contribution in [2.75, 3.05) is 23.8 Å². The molecule has 9 aliphatic carbocycles. The van der Waals surface area contributed by atoms with Crippen LogP contribution in [0.5, 0.6) is 0 Å². The molecule has 0 saturated carbocycles. The highest BCUT2D eigenvalue weighted by Crippen LogP contribution is 2.49. The number of benzene rings is 4. The highest BCUT2D eigenvalue weighted by Gasteiger charge is 2.51. The zero-order valence-corrected chi connectivity index (χ0v) is 52.8. The van der Waals surface area contributed by atoms with Crippen LogP contribution in [0.15, 0.2) is 29.3 Å². The van der Waals surface area contributed by atoms with Crippen LogP contribution < -0.4 is 17.2 Å². The van der Waals surface area contributed by atoms with E-state index in [4.69, 9.17) is 17.2 Å². The van der Waals surface area contributed by atoms with Crippen LogP contribution in [0.25, 0.3) is 0 Å². The van der Waals surface area contributed by atoms with Crippen LogP contribution in [0.1, 0.15) is 168 Å². The molecule has 0 spiro atoms. The van der Waals surface area contributed by atoms with Crippen LogP contribution in [0.2, 0.25) is 0 Å². The number of nitrogens with zero attached hydrogens (tertiary/aromatic N) is 4. The third-order valence-corrected chi connectivity index (χ3v) is 22.5. The zero-order chi connectivity index (χ0) is 59.5. The Morgan fingerprint density at radius 2 is 0.805 bits per heavy atom. The number of allylic oxidation sites excluding steroid dienone is 2. The summed E-state index contributed by atoms with van der Waals surface area (Å²) in [6, 6.07) is 2.42. The zero-order valence-electron chi connectivity index (χ0n) is 46.5. The van der Waals surface area contributed by atoms with Crippen molar-refractivity contribution in [2.45, 2.75) is 187 Å². The van der Waals surface area contributed by atoms with E-state index in [1.165, 1.54) is 67.7 Å². The van der Waals surface area contributed by atoms with Crippen molar-refractivity contribution in [2.24, 2.45) is 11.3 Å². The average Bonchev–Trinajstić information content (AvgIpc) is 4.27. The number of nitrogen functional groups attached to an aromatic ring is 3. The first-order valence-electron chi connectivity index (χ1n) is 28.4. The van der Waals surface area contributed by atoms with Gasteiger partial charge in [0, 0.05) is 51.2 Å². The minimum atomic E-state index is -1.48. The van der Waals surface area contributed by atoms with Crippen molar-refractivity contribution >= 4 is 97.9 Å². The Morgan fingerprint density at radius 3 is 1.13 bits per heavy atom. The average molecular weight is 1390 g/mol. The molecule has 4 aromatic carbocycles. The number of Topliss-reactive ketones (excluding diaryl/α,β-unsaturated/α-hetero) is 1. The molecule has 9 aliphatic rings. The van der Waals surface area contributed by atoms with Gasteiger partial charge in [-0.05, 0) is 297 Å². The number of hydrogen-bond donors (Lipinski definition) is 3. The van der Waals surface area contributed by atoms with Crippen LogP contribution in [0, 0.1) is 52.8 Å². The van der Waals surface area contributed by atoms with E-state index in [1.54, 1.807) is 0 Å². The van der Waals surface area contributed by atoms with Crippen LogP contribution in [-0.4, -0.2) is 32.7 Å². The number of carbonyl (C=O) groups is 1. The molecule has 0 radical (unpaired) electrons. The van der Waals surface area contributed by atoms with Crippen LogP contribution in [-0.2, 0) is 112 Å². The molecule has 22 heteroatoms. The molecule has 16 nitrogen and oxygen atoms in total. The van der Waals surface area contributed by atoms with Gasteiger partial charge >= 0.3 is 0 Å². The quantitative estimate of drug-likeness (QED) is 0.0513. The Labute approximate surface area is 509 Å². The van der Waals surface area contributed by atoms with Crippen molar-refractivity contribution < 1.29 is 33.2 Å². The van der Waals surface area contributed by atoms with E-state index in [2.05, 4.69) is 93.8 Å². The van der Waals surface area contributed by atoms with Crippen LogP contribution in [0.4, 0.5) is 37.2 Å². The predicted molar refractivity (Wildman–Crippen MR) is 330 cm³/mol. The molecule has 0 aliphatic heterocycles. The van der Waals surface area contributed by atoms with Crippen molar-refractivity contribution in [1.82, 2.24) is 0 Å². The number of carbonyl (C=O) groups excluding carboxylic acids is 1. The molecule has 0 atom stereocenters. The molecule has 0 amide bonds. The maximum absolute atomic E-state index is 14.1. The summed E-state index contributed by atoms with van der Waals surface area (Å²) < 4.78 is 28.8. The lowest BCUT2D eigenvalue weighted by Gasteiger charge is -2.25. The molecule has 0 aromatic heterocycles. The lowest BCUT2D eigenvalue weighted by Crippen LogP contribution is -2.39. The van der Waals surface area contributed by atoms with Gasteiger partial charge in [-0.2, -0.15) is 0 Å². The fourth-order valence-electron chi connectivity index (χ4n) is 13.4. The maximum Gasteiger partial charge on any atom is 0.284 e. The summed E-state index contributed by atoms with van der Waals surface area (Å²) in [5.41, 5.74) is 37.1. The van der Waals surface area contributed by atoms with Crippen LogP contribution in [0.3, 0.4) is 0 Å². The van der Waals surface area contributed by atoms with Gasteiger partial charge in [-0.15, -0.1) is 4.91 Å². The number of hydrogen-bond acceptors (Lipinski definition) is 13. The molecule has 82 heavy (non-hydrogen) atoms. The second kappa shape index (κ2) is 26.8. The van der Waals surface area contributed by atoms with Gasteiger partial charge in [0.05, 0.1) is 27.8 Å². The van der Waals surface area contributed by atoms with E-state index in [0.29, 0.717) is 66.1 Å². The molecule has 0 fully saturated rings. The van der Waals surface area contributed by atoms with Gasteiger partial charge in [0.25, 0.3) is 16.9 Å². The first kappa shape index (κ1) is 62.8. The number of aryl methyl sites for hydroxylation is 2. The van der Waals surface area contributed by atoms with Gasteiger partial charge in [-0.3, -0.25) is 35.1 Å². The van der Waals surface area contributed by atoms with E-state index in [9.17, 15) is 48.8 Å². The van der Waals surface area contributed by atoms with Gasteiger partial charge in [0.15, 0.2) is 5.34 Å². The standard InChI is InChI=1S/C12H12FNO2.C12H14FN.C12H14N2O2.C12H15N.C7H3Br4NO3.C5H11NO2/c13-11-7-3-1-5-9(7)12(14(15)16)10-6-2-4-8(10)11;13-11-7-3-1-5-9(7)12(14)10-6-2-4-8(10)11;13-11-7-3-1-5-9(7)12(14(15)16)10-6-2-4-8(10)11;13-12-10-5-1-3-8(10)7-9-4-2-6-11(9)12;1-7(12(14)15)5(10)2(8)4(13)3(9)6(7)11;1-5(2)3-4-8-6-7/h1-6H2;1-6,14H2;1-6,13H2;7H,1-6,13H2;1H3;5H,3-4H2,1-2H3. The Morgan fingerprint density at radius 1 is 0.524 bits per heavy atom. The summed E-state index contributed by atoms with van der Waals surface area (Å²) in [4.78, 5) is 57.4. The number of anilines is 3. The van der Waals surface area contributed by atoms with E-state index < -0.39 is 10.5 Å². The van der Waals surface area contributed by atoms with Gasteiger partial charge in [-0.25, -0.2) is 8.78 Å². The number of fused-ring (bicyclic) bond motifs is 8. The van der Waals surface area contributed by atoms with Crippen molar-refractivity contribution in [3.8, 4) is 0 Å². The van der Waals surface area contributed by atoms with Crippen LogP contribution >= 0.6 is 63.7 Å². The van der Waals surface area contributed by atoms with E-state index in [0.717, 1.165) is 158 Å². The number of nitrogens with two attached hydrogens (primary N) is 3. The summed E-state index contributed by atoms with van der Waals surface area (Å²) in [5.74, 6) is 0.162. The Kier molecular flexibility index (Phi) is 20.5. The molecule has 13 rings (SSSR count). The molecule has 440 valence electrons. The summed E-state index contributed by atoms with van der Waals surface area (Å²) in [6.07, 6.45) is 24.1. The summed E-state index contributed by atoms with van der Waals surface area (Å²) in [5, 5.41) is 35.6. The fraction of sp³-hybridized carbons (Fsp3) is 0.517. The molecule has 0 saturated heterocycles.